The molecule has 0 bridgehead atoms. The monoisotopic (exact) mass is 434 g/mol. The Balaban J connectivity index is 2.00. The fourth-order valence-corrected chi connectivity index (χ4v) is 4.59. The third-order valence-electron chi connectivity index (χ3n) is 5.95. The molecule has 2 heterocycles. The van der Waals surface area contributed by atoms with Gasteiger partial charge in [0.25, 0.3) is 0 Å². The first kappa shape index (κ1) is 19.8. The number of benzene rings is 2. The molecule has 1 aliphatic carbocycles. The SMILES string of the molecule is Cc1[nH]c2ccccc2c1C1=C(c2c(C)[nH]c3ccccc23)C(F)(F)C(F)(F)C1(F)F. The summed E-state index contributed by atoms with van der Waals surface area (Å²) in [5.74, 6) is -15.8. The van der Waals surface area contributed by atoms with E-state index in [-0.39, 0.29) is 33.3 Å². The topological polar surface area (TPSA) is 31.6 Å². The van der Waals surface area contributed by atoms with E-state index in [1.807, 2.05) is 0 Å². The quantitative estimate of drug-likeness (QED) is 0.316. The second-order valence-corrected chi connectivity index (χ2v) is 7.81. The number of aromatic amines is 2. The minimum Gasteiger partial charge on any atom is -0.358 e. The van der Waals surface area contributed by atoms with Crippen molar-refractivity contribution in [1.82, 2.24) is 9.97 Å². The predicted molar refractivity (Wildman–Crippen MR) is 108 cm³/mol. The summed E-state index contributed by atoms with van der Waals surface area (Å²) in [5, 5.41) is 0.358. The summed E-state index contributed by atoms with van der Waals surface area (Å²) in [6.45, 7) is 2.82. The highest BCUT2D eigenvalue weighted by Crippen LogP contribution is 2.66. The zero-order valence-electron chi connectivity index (χ0n) is 16.4. The average Bonchev–Trinajstić information content (AvgIpc) is 3.23. The molecule has 2 aromatic heterocycles. The Labute approximate surface area is 172 Å². The molecule has 0 atom stereocenters. The fourth-order valence-electron chi connectivity index (χ4n) is 4.59. The van der Waals surface area contributed by atoms with Crippen LogP contribution in [-0.2, 0) is 0 Å². The molecule has 1 aliphatic rings. The summed E-state index contributed by atoms with van der Waals surface area (Å²) in [7, 11) is 0. The predicted octanol–water partition coefficient (Wildman–Crippen LogP) is 7.10. The second kappa shape index (κ2) is 5.96. The van der Waals surface area contributed by atoms with Crippen molar-refractivity contribution in [2.45, 2.75) is 31.6 Å². The molecule has 0 saturated heterocycles. The van der Waals surface area contributed by atoms with Crippen LogP contribution in [0.2, 0.25) is 0 Å². The Morgan fingerprint density at radius 1 is 0.581 bits per heavy atom. The van der Waals surface area contributed by atoms with Gasteiger partial charge in [0.1, 0.15) is 0 Å². The third kappa shape index (κ3) is 2.30. The van der Waals surface area contributed by atoms with E-state index in [9.17, 15) is 8.78 Å². The standard InChI is InChI=1S/C23H16F6N2/c1-11-17(13-7-3-5-9-15(13)30-11)19-20(22(26,27)23(28,29)21(19,24)25)18-12(2)31-16-10-6-4-8-14(16)18/h3-10,30-31H,1-2H3. The Morgan fingerprint density at radius 2 is 0.935 bits per heavy atom. The lowest BCUT2D eigenvalue weighted by molar-refractivity contribution is -0.254. The number of aryl methyl sites for hydroxylation is 2. The van der Waals surface area contributed by atoms with Crippen LogP contribution >= 0.6 is 0 Å². The maximum Gasteiger partial charge on any atom is 0.380 e. The van der Waals surface area contributed by atoms with Gasteiger partial charge in [0, 0.05) is 55.5 Å². The molecule has 4 aromatic rings. The van der Waals surface area contributed by atoms with Gasteiger partial charge in [-0.1, -0.05) is 36.4 Å². The Bertz CT molecular complexity index is 1290. The highest BCUT2D eigenvalue weighted by molar-refractivity contribution is 6.12. The van der Waals surface area contributed by atoms with Crippen molar-refractivity contribution in [3.8, 4) is 0 Å². The number of nitrogens with one attached hydrogen (secondary N) is 2. The van der Waals surface area contributed by atoms with Crippen LogP contribution in [0.1, 0.15) is 22.5 Å². The van der Waals surface area contributed by atoms with E-state index in [1.54, 1.807) is 36.4 Å². The number of hydrogen-bond acceptors (Lipinski definition) is 0. The van der Waals surface area contributed by atoms with Crippen molar-refractivity contribution in [2.24, 2.45) is 0 Å². The van der Waals surface area contributed by atoms with E-state index in [1.165, 1.54) is 26.0 Å². The maximum atomic E-state index is 15.2. The molecule has 0 radical (unpaired) electrons. The summed E-state index contributed by atoms with van der Waals surface area (Å²) in [6, 6.07) is 12.4. The molecule has 2 nitrogen and oxygen atoms in total. The maximum absolute atomic E-state index is 15.2. The summed E-state index contributed by atoms with van der Waals surface area (Å²) in [6.07, 6.45) is 0. The largest absolute Gasteiger partial charge is 0.380 e. The normalized spacial score (nSPS) is 19.6. The van der Waals surface area contributed by atoms with E-state index >= 15 is 17.6 Å². The first-order valence-electron chi connectivity index (χ1n) is 9.54. The zero-order chi connectivity index (χ0) is 22.3. The lowest BCUT2D eigenvalue weighted by Crippen LogP contribution is -2.49. The molecule has 0 fully saturated rings. The third-order valence-corrected chi connectivity index (χ3v) is 5.95. The number of para-hydroxylation sites is 2. The van der Waals surface area contributed by atoms with Gasteiger partial charge >= 0.3 is 17.8 Å². The van der Waals surface area contributed by atoms with Crippen LogP contribution in [0.3, 0.4) is 0 Å². The Hall–Kier alpha value is -3.16. The number of halogens is 6. The molecule has 0 saturated carbocycles. The highest BCUT2D eigenvalue weighted by atomic mass is 19.3. The number of hydrogen-bond donors (Lipinski definition) is 2. The summed E-state index contributed by atoms with van der Waals surface area (Å²) >= 11 is 0. The number of alkyl halides is 6. The lowest BCUT2D eigenvalue weighted by Gasteiger charge is -2.26. The molecular weight excluding hydrogens is 418 g/mol. The van der Waals surface area contributed by atoms with Crippen molar-refractivity contribution in [3.05, 3.63) is 71.0 Å². The van der Waals surface area contributed by atoms with Gasteiger partial charge in [-0.2, -0.15) is 26.3 Å². The molecule has 160 valence electrons. The van der Waals surface area contributed by atoms with Gasteiger partial charge in [-0.15, -0.1) is 0 Å². The molecule has 8 heteroatoms. The number of H-pyrrole nitrogens is 2. The van der Waals surface area contributed by atoms with Gasteiger partial charge in [-0.25, -0.2) is 0 Å². The number of rotatable bonds is 2. The first-order valence-corrected chi connectivity index (χ1v) is 9.54. The molecule has 0 aliphatic heterocycles. The van der Waals surface area contributed by atoms with Crippen molar-refractivity contribution in [3.63, 3.8) is 0 Å². The first-order chi connectivity index (χ1) is 14.5. The zero-order valence-corrected chi connectivity index (χ0v) is 16.4. The van der Waals surface area contributed by atoms with Gasteiger partial charge in [-0.3, -0.25) is 0 Å². The van der Waals surface area contributed by atoms with Gasteiger partial charge in [0.15, 0.2) is 0 Å². The van der Waals surface area contributed by atoms with Crippen molar-refractivity contribution >= 4 is 33.0 Å². The number of aromatic nitrogens is 2. The lowest BCUT2D eigenvalue weighted by atomic mass is 9.91. The van der Waals surface area contributed by atoms with E-state index < -0.39 is 28.9 Å². The van der Waals surface area contributed by atoms with Gasteiger partial charge < -0.3 is 9.97 Å². The Kier molecular flexibility index (Phi) is 3.80. The molecule has 5 rings (SSSR count). The Morgan fingerprint density at radius 3 is 1.32 bits per heavy atom. The van der Waals surface area contributed by atoms with Crippen molar-refractivity contribution in [1.29, 1.82) is 0 Å². The molecule has 0 amide bonds. The van der Waals surface area contributed by atoms with Crippen LogP contribution in [0.5, 0.6) is 0 Å². The average molecular weight is 434 g/mol. The highest BCUT2D eigenvalue weighted by Gasteiger charge is 2.80. The minimum atomic E-state index is -5.60. The summed E-state index contributed by atoms with van der Waals surface area (Å²) < 4.78 is 90.2. The van der Waals surface area contributed by atoms with E-state index in [4.69, 9.17) is 0 Å². The molecule has 0 unspecified atom stereocenters. The summed E-state index contributed by atoms with van der Waals surface area (Å²) in [4.78, 5) is 5.70. The van der Waals surface area contributed by atoms with Crippen molar-refractivity contribution < 1.29 is 26.3 Å². The summed E-state index contributed by atoms with van der Waals surface area (Å²) in [5.41, 5.74) is -2.32. The fraction of sp³-hybridized carbons (Fsp3) is 0.217. The van der Waals surface area contributed by atoms with E-state index in [0.29, 0.717) is 11.0 Å². The smallest absolute Gasteiger partial charge is 0.358 e. The van der Waals surface area contributed by atoms with Crippen LogP contribution in [0.25, 0.3) is 33.0 Å². The molecule has 31 heavy (non-hydrogen) atoms. The van der Waals surface area contributed by atoms with Crippen molar-refractivity contribution in [2.75, 3.05) is 0 Å². The van der Waals surface area contributed by atoms with E-state index in [2.05, 4.69) is 9.97 Å². The van der Waals surface area contributed by atoms with Crippen LogP contribution < -0.4 is 0 Å². The molecule has 2 aromatic carbocycles. The van der Waals surface area contributed by atoms with Gasteiger partial charge in [0.05, 0.1) is 0 Å². The molecule has 2 N–H and O–H groups in total. The second-order valence-electron chi connectivity index (χ2n) is 7.81. The van der Waals surface area contributed by atoms with Crippen LogP contribution in [0.15, 0.2) is 48.5 Å². The number of fused-ring (bicyclic) bond motifs is 2. The van der Waals surface area contributed by atoms with Crippen LogP contribution in [-0.4, -0.2) is 27.7 Å². The van der Waals surface area contributed by atoms with Crippen LogP contribution in [0.4, 0.5) is 26.3 Å². The van der Waals surface area contributed by atoms with Gasteiger partial charge in [0.2, 0.25) is 0 Å². The van der Waals surface area contributed by atoms with Gasteiger partial charge in [-0.05, 0) is 26.0 Å². The van der Waals surface area contributed by atoms with E-state index in [0.717, 1.165) is 0 Å². The van der Waals surface area contributed by atoms with Crippen LogP contribution in [0, 0.1) is 13.8 Å². The molecular formula is C23H16F6N2. The molecule has 0 spiro atoms. The number of allylic oxidation sites excluding steroid dienone is 2. The minimum absolute atomic E-state index is 0.111.